The minimum Gasteiger partial charge on any atom is -0.497 e. The molecule has 0 aromatic heterocycles. The van der Waals surface area contributed by atoms with Gasteiger partial charge < -0.3 is 14.8 Å². The summed E-state index contributed by atoms with van der Waals surface area (Å²) in [6, 6.07) is 13.9. The Kier molecular flexibility index (Phi) is 8.48. The normalized spacial score (nSPS) is 11.3. The van der Waals surface area contributed by atoms with Gasteiger partial charge in [0.25, 0.3) is 0 Å². The predicted molar refractivity (Wildman–Crippen MR) is 112 cm³/mol. The molecule has 0 unspecified atom stereocenters. The van der Waals surface area contributed by atoms with Gasteiger partial charge in [-0.2, -0.15) is 4.31 Å². The summed E-state index contributed by atoms with van der Waals surface area (Å²) in [4.78, 5) is 12.2. The van der Waals surface area contributed by atoms with E-state index in [0.717, 1.165) is 28.5 Å². The maximum atomic E-state index is 12.6. The molecule has 158 valence electrons. The molecule has 8 heteroatoms. The standard InChI is InChI=1S/C21H28N2O5S/c1-4-28-19-9-7-17(8-10-19)6-5-15-22-21(24)16-23(2)29(25,26)20-13-11-18(27-3)12-14-20/h7-14H,4-6,15-16H2,1-3H3,(H,22,24). The summed E-state index contributed by atoms with van der Waals surface area (Å²) >= 11 is 0. The van der Waals surface area contributed by atoms with Gasteiger partial charge in [0.15, 0.2) is 0 Å². The van der Waals surface area contributed by atoms with Gasteiger partial charge in [-0.15, -0.1) is 0 Å². The van der Waals surface area contributed by atoms with Crippen LogP contribution in [0.3, 0.4) is 0 Å². The van der Waals surface area contributed by atoms with Crippen molar-refractivity contribution in [1.29, 1.82) is 0 Å². The first kappa shape index (κ1) is 22.7. The Morgan fingerprint density at radius 1 is 1.03 bits per heavy atom. The molecular weight excluding hydrogens is 392 g/mol. The fourth-order valence-electron chi connectivity index (χ4n) is 2.71. The minimum absolute atomic E-state index is 0.115. The number of rotatable bonds is 11. The smallest absolute Gasteiger partial charge is 0.243 e. The maximum Gasteiger partial charge on any atom is 0.243 e. The van der Waals surface area contributed by atoms with Crippen LogP contribution in [-0.2, 0) is 21.2 Å². The highest BCUT2D eigenvalue weighted by molar-refractivity contribution is 7.89. The molecule has 0 radical (unpaired) electrons. The summed E-state index contributed by atoms with van der Waals surface area (Å²) in [5.41, 5.74) is 1.15. The number of sulfonamides is 1. The Hall–Kier alpha value is -2.58. The lowest BCUT2D eigenvalue weighted by Gasteiger charge is -2.17. The molecule has 1 N–H and O–H groups in total. The van der Waals surface area contributed by atoms with E-state index in [4.69, 9.17) is 9.47 Å². The van der Waals surface area contributed by atoms with Crippen molar-refractivity contribution in [2.45, 2.75) is 24.7 Å². The van der Waals surface area contributed by atoms with E-state index < -0.39 is 10.0 Å². The monoisotopic (exact) mass is 420 g/mol. The SMILES string of the molecule is CCOc1ccc(CCCNC(=O)CN(C)S(=O)(=O)c2ccc(OC)cc2)cc1. The Labute approximate surface area is 172 Å². The highest BCUT2D eigenvalue weighted by atomic mass is 32.2. The van der Waals surface area contributed by atoms with Crippen LogP contribution in [0.1, 0.15) is 18.9 Å². The fourth-order valence-corrected chi connectivity index (χ4v) is 3.84. The van der Waals surface area contributed by atoms with Crippen molar-refractivity contribution in [3.05, 3.63) is 54.1 Å². The lowest BCUT2D eigenvalue weighted by atomic mass is 10.1. The van der Waals surface area contributed by atoms with E-state index in [1.807, 2.05) is 31.2 Å². The van der Waals surface area contributed by atoms with Crippen molar-refractivity contribution < 1.29 is 22.7 Å². The van der Waals surface area contributed by atoms with Gasteiger partial charge in [-0.05, 0) is 61.7 Å². The molecule has 0 heterocycles. The molecule has 2 aromatic carbocycles. The number of aryl methyl sites for hydroxylation is 1. The summed E-state index contributed by atoms with van der Waals surface area (Å²) in [5, 5.41) is 2.77. The first-order valence-corrected chi connectivity index (χ1v) is 10.9. The first-order valence-electron chi connectivity index (χ1n) is 9.45. The third-order valence-electron chi connectivity index (χ3n) is 4.33. The molecule has 0 saturated heterocycles. The molecule has 0 fully saturated rings. The van der Waals surface area contributed by atoms with E-state index in [-0.39, 0.29) is 17.3 Å². The molecule has 2 aromatic rings. The number of amides is 1. The molecule has 29 heavy (non-hydrogen) atoms. The Bertz CT molecular complexity index is 880. The zero-order chi connectivity index (χ0) is 21.3. The highest BCUT2D eigenvalue weighted by Crippen LogP contribution is 2.18. The first-order chi connectivity index (χ1) is 13.9. The van der Waals surface area contributed by atoms with Gasteiger partial charge in [0.05, 0.1) is 25.2 Å². The van der Waals surface area contributed by atoms with Gasteiger partial charge >= 0.3 is 0 Å². The number of methoxy groups -OCH3 is 1. The van der Waals surface area contributed by atoms with Gasteiger partial charge in [0.2, 0.25) is 15.9 Å². The molecular formula is C21H28N2O5S. The Balaban J connectivity index is 1.77. The fraction of sp³-hybridized carbons (Fsp3) is 0.381. The molecule has 0 aliphatic heterocycles. The van der Waals surface area contributed by atoms with E-state index in [2.05, 4.69) is 5.32 Å². The van der Waals surface area contributed by atoms with E-state index in [0.29, 0.717) is 18.9 Å². The van der Waals surface area contributed by atoms with E-state index in [9.17, 15) is 13.2 Å². The molecule has 0 aliphatic carbocycles. The van der Waals surface area contributed by atoms with E-state index >= 15 is 0 Å². The molecule has 0 atom stereocenters. The summed E-state index contributed by atoms with van der Waals surface area (Å²) in [7, 11) is -0.839. The minimum atomic E-state index is -3.74. The average molecular weight is 421 g/mol. The second kappa shape index (κ2) is 10.8. The zero-order valence-corrected chi connectivity index (χ0v) is 17.9. The highest BCUT2D eigenvalue weighted by Gasteiger charge is 2.22. The van der Waals surface area contributed by atoms with Crippen LogP contribution in [0.4, 0.5) is 0 Å². The summed E-state index contributed by atoms with van der Waals surface area (Å²) < 4.78 is 36.6. The molecule has 7 nitrogen and oxygen atoms in total. The van der Waals surface area contributed by atoms with Crippen molar-refractivity contribution in [2.75, 3.05) is 33.9 Å². The largest absolute Gasteiger partial charge is 0.497 e. The number of hydrogen-bond donors (Lipinski definition) is 1. The number of nitrogens with zero attached hydrogens (tertiary/aromatic N) is 1. The maximum absolute atomic E-state index is 12.6. The van der Waals surface area contributed by atoms with Crippen LogP contribution >= 0.6 is 0 Å². The van der Waals surface area contributed by atoms with E-state index in [1.54, 1.807) is 12.1 Å². The molecule has 2 rings (SSSR count). The quantitative estimate of drug-likeness (QED) is 0.565. The van der Waals surface area contributed by atoms with Crippen molar-refractivity contribution in [3.8, 4) is 11.5 Å². The van der Waals surface area contributed by atoms with Crippen LogP contribution in [-0.4, -0.2) is 52.5 Å². The van der Waals surface area contributed by atoms with Crippen molar-refractivity contribution in [1.82, 2.24) is 9.62 Å². The number of benzene rings is 2. The zero-order valence-electron chi connectivity index (χ0n) is 17.1. The molecule has 0 aliphatic rings. The van der Waals surface area contributed by atoms with Crippen molar-refractivity contribution in [2.24, 2.45) is 0 Å². The third-order valence-corrected chi connectivity index (χ3v) is 6.15. The van der Waals surface area contributed by atoms with Crippen LogP contribution in [0.2, 0.25) is 0 Å². The summed E-state index contributed by atoms with van der Waals surface area (Å²) in [6.07, 6.45) is 1.57. The van der Waals surface area contributed by atoms with Crippen molar-refractivity contribution >= 4 is 15.9 Å². The second-order valence-electron chi connectivity index (χ2n) is 6.47. The van der Waals surface area contributed by atoms with Gasteiger partial charge in [-0.3, -0.25) is 4.79 Å². The summed E-state index contributed by atoms with van der Waals surface area (Å²) in [5.74, 6) is 1.07. The number of hydrogen-bond acceptors (Lipinski definition) is 5. The average Bonchev–Trinajstić information content (AvgIpc) is 2.72. The lowest BCUT2D eigenvalue weighted by Crippen LogP contribution is -2.38. The van der Waals surface area contributed by atoms with Crippen LogP contribution in [0.25, 0.3) is 0 Å². The van der Waals surface area contributed by atoms with Crippen molar-refractivity contribution in [3.63, 3.8) is 0 Å². The van der Waals surface area contributed by atoms with Gasteiger partial charge in [-0.25, -0.2) is 8.42 Å². The third kappa shape index (κ3) is 6.76. The molecule has 0 saturated carbocycles. The topological polar surface area (TPSA) is 84.9 Å². The number of carbonyl (C=O) groups is 1. The van der Waals surface area contributed by atoms with Gasteiger partial charge in [0.1, 0.15) is 11.5 Å². The molecule has 1 amide bonds. The van der Waals surface area contributed by atoms with Crippen LogP contribution < -0.4 is 14.8 Å². The van der Waals surface area contributed by atoms with Crippen LogP contribution in [0.15, 0.2) is 53.4 Å². The van der Waals surface area contributed by atoms with Crippen LogP contribution in [0.5, 0.6) is 11.5 Å². The number of carbonyl (C=O) groups excluding carboxylic acids is 1. The summed E-state index contributed by atoms with van der Waals surface area (Å²) in [6.45, 7) is 2.81. The lowest BCUT2D eigenvalue weighted by molar-refractivity contribution is -0.121. The Morgan fingerprint density at radius 3 is 2.24 bits per heavy atom. The molecule has 0 spiro atoms. The number of likely N-dealkylation sites (N-methyl/N-ethyl adjacent to an activating group) is 1. The van der Waals surface area contributed by atoms with E-state index in [1.165, 1.54) is 26.3 Å². The number of ether oxygens (including phenoxy) is 2. The molecule has 0 bridgehead atoms. The van der Waals surface area contributed by atoms with Gasteiger partial charge in [0, 0.05) is 13.6 Å². The number of nitrogens with one attached hydrogen (secondary N) is 1. The predicted octanol–water partition coefficient (Wildman–Crippen LogP) is 2.46. The Morgan fingerprint density at radius 2 is 1.66 bits per heavy atom. The van der Waals surface area contributed by atoms with Gasteiger partial charge in [-0.1, -0.05) is 12.1 Å². The van der Waals surface area contributed by atoms with Crippen LogP contribution in [0, 0.1) is 0 Å². The second-order valence-corrected chi connectivity index (χ2v) is 8.51.